The van der Waals surface area contributed by atoms with Gasteiger partial charge in [0, 0.05) is 24.3 Å². The standard InChI is InChI=1S/C20H18N2O4/c23-18-10-9-13-5-1-3-7-16(13)22(18)12-19(24)21-11-15(20(25)26)14-6-2-4-8-17(14)21/h1-8,15H,9-12H2,(H,25,26). The smallest absolute Gasteiger partial charge is 0.312 e. The van der Waals surface area contributed by atoms with Gasteiger partial charge in [-0.1, -0.05) is 36.4 Å². The number of aliphatic carboxylic acids is 1. The van der Waals surface area contributed by atoms with Crippen molar-refractivity contribution in [3.05, 3.63) is 59.7 Å². The average molecular weight is 350 g/mol. The number of nitrogens with zero attached hydrogens (tertiary/aromatic N) is 2. The molecule has 4 rings (SSSR count). The highest BCUT2D eigenvalue weighted by molar-refractivity contribution is 6.06. The van der Waals surface area contributed by atoms with Crippen LogP contribution in [0.3, 0.4) is 0 Å². The Bertz CT molecular complexity index is 908. The molecule has 2 aromatic carbocycles. The largest absolute Gasteiger partial charge is 0.481 e. The number of para-hydroxylation sites is 2. The summed E-state index contributed by atoms with van der Waals surface area (Å²) in [5.41, 5.74) is 3.06. The Morgan fingerprint density at radius 3 is 2.46 bits per heavy atom. The summed E-state index contributed by atoms with van der Waals surface area (Å²) in [5.74, 6) is -2.04. The molecule has 0 spiro atoms. The van der Waals surface area contributed by atoms with Crippen molar-refractivity contribution in [2.24, 2.45) is 0 Å². The Morgan fingerprint density at radius 1 is 1.00 bits per heavy atom. The molecule has 2 amide bonds. The van der Waals surface area contributed by atoms with E-state index < -0.39 is 11.9 Å². The molecule has 1 unspecified atom stereocenters. The number of amides is 2. The SMILES string of the molecule is O=C(O)C1CN(C(=O)CN2C(=O)CCc3ccccc32)c2ccccc21. The first-order valence-electron chi connectivity index (χ1n) is 8.56. The van der Waals surface area contributed by atoms with Gasteiger partial charge in [0.2, 0.25) is 11.8 Å². The topological polar surface area (TPSA) is 77.9 Å². The maximum absolute atomic E-state index is 12.9. The molecule has 2 heterocycles. The van der Waals surface area contributed by atoms with Crippen molar-refractivity contribution in [1.29, 1.82) is 0 Å². The van der Waals surface area contributed by atoms with E-state index in [-0.39, 0.29) is 24.9 Å². The number of rotatable bonds is 3. The monoisotopic (exact) mass is 350 g/mol. The second-order valence-electron chi connectivity index (χ2n) is 6.56. The van der Waals surface area contributed by atoms with Crippen LogP contribution in [-0.4, -0.2) is 36.0 Å². The number of fused-ring (bicyclic) bond motifs is 2. The molecule has 6 nitrogen and oxygen atoms in total. The maximum atomic E-state index is 12.9. The number of hydrogen-bond donors (Lipinski definition) is 1. The third-order valence-corrected chi connectivity index (χ3v) is 5.05. The van der Waals surface area contributed by atoms with Gasteiger partial charge in [0.25, 0.3) is 0 Å². The molecule has 1 N–H and O–H groups in total. The number of benzene rings is 2. The molecule has 132 valence electrons. The molecule has 0 aliphatic carbocycles. The van der Waals surface area contributed by atoms with Gasteiger partial charge in [0.05, 0.1) is 0 Å². The van der Waals surface area contributed by atoms with Crippen LogP contribution in [0.5, 0.6) is 0 Å². The number of carboxylic acid groups (broad SMARTS) is 1. The van der Waals surface area contributed by atoms with E-state index in [9.17, 15) is 19.5 Å². The molecule has 2 aromatic rings. The minimum atomic E-state index is -0.952. The van der Waals surface area contributed by atoms with Gasteiger partial charge in [-0.25, -0.2) is 0 Å². The number of carbonyl (C=O) groups is 3. The van der Waals surface area contributed by atoms with Crippen LogP contribution in [0, 0.1) is 0 Å². The van der Waals surface area contributed by atoms with Gasteiger partial charge >= 0.3 is 5.97 Å². The molecule has 0 saturated carbocycles. The minimum absolute atomic E-state index is 0.0840. The van der Waals surface area contributed by atoms with Crippen molar-refractivity contribution in [3.63, 3.8) is 0 Å². The van der Waals surface area contributed by atoms with E-state index in [1.54, 1.807) is 24.3 Å². The van der Waals surface area contributed by atoms with Gasteiger partial charge in [-0.05, 0) is 29.7 Å². The van der Waals surface area contributed by atoms with Crippen LogP contribution in [-0.2, 0) is 20.8 Å². The van der Waals surface area contributed by atoms with Gasteiger partial charge in [-0.3, -0.25) is 14.4 Å². The van der Waals surface area contributed by atoms with Crippen molar-refractivity contribution in [2.75, 3.05) is 22.9 Å². The zero-order chi connectivity index (χ0) is 18.3. The van der Waals surface area contributed by atoms with E-state index in [1.165, 1.54) is 9.80 Å². The number of carbonyl (C=O) groups excluding carboxylic acids is 2. The van der Waals surface area contributed by atoms with E-state index >= 15 is 0 Å². The van der Waals surface area contributed by atoms with E-state index in [0.29, 0.717) is 24.1 Å². The fraction of sp³-hybridized carbons (Fsp3) is 0.250. The predicted octanol–water partition coefficient (Wildman–Crippen LogP) is 2.18. The van der Waals surface area contributed by atoms with Gasteiger partial charge in [0.1, 0.15) is 12.5 Å². The summed E-state index contributed by atoms with van der Waals surface area (Å²) < 4.78 is 0. The number of aryl methyl sites for hydroxylation is 1. The minimum Gasteiger partial charge on any atom is -0.481 e. The highest BCUT2D eigenvalue weighted by atomic mass is 16.4. The first kappa shape index (κ1) is 16.3. The highest BCUT2D eigenvalue weighted by Crippen LogP contribution is 2.36. The average Bonchev–Trinajstić information content (AvgIpc) is 3.04. The number of hydrogen-bond acceptors (Lipinski definition) is 3. The van der Waals surface area contributed by atoms with Crippen LogP contribution < -0.4 is 9.80 Å². The number of carboxylic acids is 1. The van der Waals surface area contributed by atoms with Gasteiger partial charge in [-0.15, -0.1) is 0 Å². The van der Waals surface area contributed by atoms with Crippen molar-refractivity contribution in [1.82, 2.24) is 0 Å². The zero-order valence-corrected chi connectivity index (χ0v) is 14.1. The fourth-order valence-corrected chi connectivity index (χ4v) is 3.74. The molecular weight excluding hydrogens is 332 g/mol. The van der Waals surface area contributed by atoms with Crippen LogP contribution in [0.2, 0.25) is 0 Å². The normalized spacial score (nSPS) is 18.5. The lowest BCUT2D eigenvalue weighted by Gasteiger charge is -2.30. The van der Waals surface area contributed by atoms with Crippen LogP contribution in [0.4, 0.5) is 11.4 Å². The van der Waals surface area contributed by atoms with Crippen LogP contribution in [0.1, 0.15) is 23.5 Å². The molecule has 0 bridgehead atoms. The number of anilines is 2. The molecule has 1 atom stereocenters. The lowest BCUT2D eigenvalue weighted by molar-refractivity contribution is -0.138. The molecule has 0 aromatic heterocycles. The van der Waals surface area contributed by atoms with E-state index in [2.05, 4.69) is 0 Å². The van der Waals surface area contributed by atoms with Gasteiger partial charge in [-0.2, -0.15) is 0 Å². The summed E-state index contributed by atoms with van der Waals surface area (Å²) in [4.78, 5) is 39.9. The molecule has 26 heavy (non-hydrogen) atoms. The molecule has 0 saturated heterocycles. The molecule has 0 fully saturated rings. The van der Waals surface area contributed by atoms with Crippen molar-refractivity contribution >= 4 is 29.2 Å². The quantitative estimate of drug-likeness (QED) is 0.920. The first-order valence-corrected chi connectivity index (χ1v) is 8.56. The maximum Gasteiger partial charge on any atom is 0.312 e. The highest BCUT2D eigenvalue weighted by Gasteiger charge is 2.37. The Labute approximate surface area is 150 Å². The summed E-state index contributed by atoms with van der Waals surface area (Å²) in [5, 5.41) is 9.45. The van der Waals surface area contributed by atoms with E-state index in [0.717, 1.165) is 11.3 Å². The summed E-state index contributed by atoms with van der Waals surface area (Å²) in [7, 11) is 0. The second kappa shape index (κ2) is 6.29. The summed E-state index contributed by atoms with van der Waals surface area (Å²) in [6.07, 6.45) is 1.05. The Morgan fingerprint density at radius 2 is 1.69 bits per heavy atom. The molecule has 2 aliphatic rings. The van der Waals surface area contributed by atoms with Crippen molar-refractivity contribution in [2.45, 2.75) is 18.8 Å². The molecular formula is C20H18N2O4. The van der Waals surface area contributed by atoms with E-state index in [4.69, 9.17) is 0 Å². The van der Waals surface area contributed by atoms with Crippen LogP contribution in [0.15, 0.2) is 48.5 Å². The van der Waals surface area contributed by atoms with Crippen LogP contribution in [0.25, 0.3) is 0 Å². The lowest BCUT2D eigenvalue weighted by atomic mass is 10.0. The van der Waals surface area contributed by atoms with Gasteiger partial charge in [0.15, 0.2) is 0 Å². The van der Waals surface area contributed by atoms with Crippen molar-refractivity contribution in [3.8, 4) is 0 Å². The first-order chi connectivity index (χ1) is 12.6. The predicted molar refractivity (Wildman–Crippen MR) is 96.3 cm³/mol. The Hall–Kier alpha value is -3.15. The summed E-state index contributed by atoms with van der Waals surface area (Å²) in [6, 6.07) is 14.6. The second-order valence-corrected chi connectivity index (χ2v) is 6.56. The third kappa shape index (κ3) is 2.63. The summed E-state index contributed by atoms with van der Waals surface area (Å²) >= 11 is 0. The van der Waals surface area contributed by atoms with Crippen molar-refractivity contribution < 1.29 is 19.5 Å². The summed E-state index contributed by atoms with van der Waals surface area (Å²) in [6.45, 7) is 0.00765. The molecule has 6 heteroatoms. The molecule has 2 aliphatic heterocycles. The van der Waals surface area contributed by atoms with E-state index in [1.807, 2.05) is 24.3 Å². The van der Waals surface area contributed by atoms with Crippen LogP contribution >= 0.6 is 0 Å². The lowest BCUT2D eigenvalue weighted by Crippen LogP contribution is -2.44. The third-order valence-electron chi connectivity index (χ3n) is 5.05. The Kier molecular flexibility index (Phi) is 3.95. The fourth-order valence-electron chi connectivity index (χ4n) is 3.74. The van der Waals surface area contributed by atoms with Gasteiger partial charge < -0.3 is 14.9 Å². The zero-order valence-electron chi connectivity index (χ0n) is 14.1. The Balaban J connectivity index is 1.62. The molecule has 0 radical (unpaired) electrons.